The predicted molar refractivity (Wildman–Crippen MR) is 123 cm³/mol. The van der Waals surface area contributed by atoms with E-state index < -0.39 is 0 Å². The largest absolute Gasteiger partial charge is 0.493 e. The molecule has 0 aliphatic heterocycles. The van der Waals surface area contributed by atoms with E-state index in [1.54, 1.807) is 22.9 Å². The molecular formula is C23H22N4O4S. The van der Waals surface area contributed by atoms with Gasteiger partial charge in [-0.2, -0.15) is 9.78 Å². The monoisotopic (exact) mass is 450 g/mol. The zero-order valence-electron chi connectivity index (χ0n) is 18.1. The maximum absolute atomic E-state index is 13.0. The Bertz CT molecular complexity index is 1230. The van der Waals surface area contributed by atoms with Crippen LogP contribution in [0.2, 0.25) is 0 Å². The first-order valence-electron chi connectivity index (χ1n) is 9.73. The van der Waals surface area contributed by atoms with Crippen LogP contribution in [0.25, 0.3) is 16.4 Å². The second kappa shape index (κ2) is 9.11. The summed E-state index contributed by atoms with van der Waals surface area (Å²) in [5, 5.41) is 10.0. The fourth-order valence-electron chi connectivity index (χ4n) is 3.24. The summed E-state index contributed by atoms with van der Waals surface area (Å²) >= 11 is 1.45. The molecule has 0 saturated heterocycles. The topological polar surface area (TPSA) is 87.5 Å². The quantitative estimate of drug-likeness (QED) is 0.443. The Balaban J connectivity index is 1.65. The van der Waals surface area contributed by atoms with E-state index in [1.165, 1.54) is 32.7 Å². The number of benzene rings is 2. The number of amides is 1. The van der Waals surface area contributed by atoms with Gasteiger partial charge in [0.25, 0.3) is 5.91 Å². The van der Waals surface area contributed by atoms with E-state index in [0.717, 1.165) is 17.0 Å². The fraction of sp³-hybridized carbons (Fsp3) is 0.174. The molecule has 0 bridgehead atoms. The number of nitrogens with zero attached hydrogens (tertiary/aromatic N) is 3. The molecule has 9 heteroatoms. The number of hydrogen-bond acceptors (Lipinski definition) is 7. The zero-order chi connectivity index (χ0) is 22.7. The standard InChI is InChI=1S/C23H22N4O4S/c1-14-10-20(25-22(28)16-11-18(29-2)21(31-4)19(12-16)30-3)27(26-14)23-24-17(13-32-23)15-8-6-5-7-9-15/h5-13H,1-4H3,(H,25,28). The van der Waals surface area contributed by atoms with Crippen molar-refractivity contribution in [2.75, 3.05) is 26.6 Å². The highest BCUT2D eigenvalue weighted by molar-refractivity contribution is 7.12. The number of carbonyl (C=O) groups is 1. The fourth-order valence-corrected chi connectivity index (χ4v) is 4.03. The Labute approximate surface area is 189 Å². The lowest BCUT2D eigenvalue weighted by Crippen LogP contribution is -2.15. The van der Waals surface area contributed by atoms with Crippen LogP contribution in [0.3, 0.4) is 0 Å². The first-order valence-corrected chi connectivity index (χ1v) is 10.6. The summed E-state index contributed by atoms with van der Waals surface area (Å²) in [7, 11) is 4.52. The van der Waals surface area contributed by atoms with Crippen LogP contribution in [0.1, 0.15) is 16.1 Å². The van der Waals surface area contributed by atoms with Gasteiger partial charge >= 0.3 is 0 Å². The summed E-state index contributed by atoms with van der Waals surface area (Å²) in [4.78, 5) is 17.7. The SMILES string of the molecule is COc1cc(C(=O)Nc2cc(C)nn2-c2nc(-c3ccccc3)cs2)cc(OC)c1OC. The average Bonchev–Trinajstić information content (AvgIpc) is 3.45. The number of ether oxygens (including phenoxy) is 3. The number of anilines is 1. The van der Waals surface area contributed by atoms with Crippen LogP contribution in [0, 0.1) is 6.92 Å². The van der Waals surface area contributed by atoms with Gasteiger partial charge in [0, 0.05) is 22.6 Å². The lowest BCUT2D eigenvalue weighted by atomic mass is 10.1. The highest BCUT2D eigenvalue weighted by Crippen LogP contribution is 2.38. The third kappa shape index (κ3) is 4.15. The van der Waals surface area contributed by atoms with Gasteiger partial charge < -0.3 is 19.5 Å². The van der Waals surface area contributed by atoms with Crippen molar-refractivity contribution in [1.82, 2.24) is 14.8 Å². The van der Waals surface area contributed by atoms with E-state index in [-0.39, 0.29) is 5.91 Å². The minimum atomic E-state index is -0.342. The molecule has 2 heterocycles. The van der Waals surface area contributed by atoms with Crippen molar-refractivity contribution in [2.24, 2.45) is 0 Å². The summed E-state index contributed by atoms with van der Waals surface area (Å²) in [6, 6.07) is 14.9. The molecule has 2 aromatic heterocycles. The van der Waals surface area contributed by atoms with Gasteiger partial charge in [-0.3, -0.25) is 4.79 Å². The van der Waals surface area contributed by atoms with E-state index in [2.05, 4.69) is 10.4 Å². The molecule has 4 aromatic rings. The maximum atomic E-state index is 13.0. The van der Waals surface area contributed by atoms with E-state index in [4.69, 9.17) is 19.2 Å². The Morgan fingerprint density at radius 1 is 1.00 bits per heavy atom. The molecule has 1 N–H and O–H groups in total. The summed E-state index contributed by atoms with van der Waals surface area (Å²) in [6.45, 7) is 1.86. The number of aryl methyl sites for hydroxylation is 1. The summed E-state index contributed by atoms with van der Waals surface area (Å²) in [6.07, 6.45) is 0. The molecule has 0 saturated carbocycles. The van der Waals surface area contributed by atoms with Crippen LogP contribution in [0.4, 0.5) is 5.82 Å². The minimum absolute atomic E-state index is 0.342. The molecule has 0 radical (unpaired) electrons. The van der Waals surface area contributed by atoms with Crippen molar-refractivity contribution in [3.8, 4) is 33.6 Å². The lowest BCUT2D eigenvalue weighted by Gasteiger charge is -2.14. The van der Waals surface area contributed by atoms with Crippen LogP contribution in [-0.2, 0) is 0 Å². The number of carbonyl (C=O) groups excluding carboxylic acids is 1. The van der Waals surface area contributed by atoms with E-state index in [0.29, 0.717) is 33.8 Å². The number of nitrogens with one attached hydrogen (secondary N) is 1. The van der Waals surface area contributed by atoms with Crippen molar-refractivity contribution >= 4 is 23.1 Å². The number of thiazole rings is 1. The predicted octanol–water partition coefficient (Wildman–Crippen LogP) is 4.58. The van der Waals surface area contributed by atoms with E-state index in [1.807, 2.05) is 42.6 Å². The van der Waals surface area contributed by atoms with Crippen molar-refractivity contribution in [2.45, 2.75) is 6.92 Å². The van der Waals surface area contributed by atoms with Gasteiger partial charge in [-0.25, -0.2) is 4.98 Å². The Morgan fingerprint density at radius 3 is 2.31 bits per heavy atom. The molecule has 164 valence electrons. The van der Waals surface area contributed by atoms with Crippen molar-refractivity contribution < 1.29 is 19.0 Å². The minimum Gasteiger partial charge on any atom is -0.493 e. The van der Waals surface area contributed by atoms with Gasteiger partial charge in [0.15, 0.2) is 11.5 Å². The van der Waals surface area contributed by atoms with Crippen LogP contribution >= 0.6 is 11.3 Å². The number of rotatable bonds is 7. The zero-order valence-corrected chi connectivity index (χ0v) is 18.9. The van der Waals surface area contributed by atoms with Crippen LogP contribution in [0.15, 0.2) is 53.9 Å². The molecule has 0 aliphatic rings. The number of aromatic nitrogens is 3. The van der Waals surface area contributed by atoms with Gasteiger partial charge in [-0.05, 0) is 19.1 Å². The lowest BCUT2D eigenvalue weighted by molar-refractivity contribution is 0.102. The number of methoxy groups -OCH3 is 3. The molecule has 0 unspecified atom stereocenters. The second-order valence-corrected chi connectivity index (χ2v) is 7.67. The van der Waals surface area contributed by atoms with Crippen molar-refractivity contribution in [3.05, 3.63) is 65.2 Å². The van der Waals surface area contributed by atoms with Crippen molar-refractivity contribution in [3.63, 3.8) is 0 Å². The Morgan fingerprint density at radius 2 is 1.69 bits per heavy atom. The molecule has 0 spiro atoms. The summed E-state index contributed by atoms with van der Waals surface area (Å²) < 4.78 is 17.7. The average molecular weight is 451 g/mol. The molecule has 8 nitrogen and oxygen atoms in total. The van der Waals surface area contributed by atoms with E-state index in [9.17, 15) is 4.79 Å². The van der Waals surface area contributed by atoms with E-state index >= 15 is 0 Å². The summed E-state index contributed by atoms with van der Waals surface area (Å²) in [5.41, 5.74) is 2.97. The van der Waals surface area contributed by atoms with Gasteiger partial charge in [-0.1, -0.05) is 30.3 Å². The van der Waals surface area contributed by atoms with Gasteiger partial charge in [0.1, 0.15) is 5.82 Å². The molecule has 0 fully saturated rings. The first-order chi connectivity index (χ1) is 15.5. The Kier molecular flexibility index (Phi) is 6.09. The highest BCUT2D eigenvalue weighted by atomic mass is 32.1. The molecule has 32 heavy (non-hydrogen) atoms. The molecule has 1 amide bonds. The third-order valence-electron chi connectivity index (χ3n) is 4.74. The Hall–Kier alpha value is -3.85. The molecule has 4 rings (SSSR count). The van der Waals surface area contributed by atoms with Crippen molar-refractivity contribution in [1.29, 1.82) is 0 Å². The highest BCUT2D eigenvalue weighted by Gasteiger charge is 2.19. The normalized spacial score (nSPS) is 10.6. The smallest absolute Gasteiger partial charge is 0.257 e. The van der Waals surface area contributed by atoms with Gasteiger partial charge in [0.2, 0.25) is 10.9 Å². The van der Waals surface area contributed by atoms with Gasteiger partial charge in [0.05, 0.1) is 32.7 Å². The second-order valence-electron chi connectivity index (χ2n) is 6.83. The number of hydrogen-bond donors (Lipinski definition) is 1. The molecule has 0 atom stereocenters. The molecular weight excluding hydrogens is 428 g/mol. The molecule has 2 aromatic carbocycles. The van der Waals surface area contributed by atoms with Crippen LogP contribution in [-0.4, -0.2) is 42.0 Å². The molecule has 0 aliphatic carbocycles. The van der Waals surface area contributed by atoms with Gasteiger partial charge in [-0.15, -0.1) is 11.3 Å². The van der Waals surface area contributed by atoms with Crippen LogP contribution < -0.4 is 19.5 Å². The summed E-state index contributed by atoms with van der Waals surface area (Å²) in [5.74, 6) is 1.38. The van der Waals surface area contributed by atoms with Crippen LogP contribution in [0.5, 0.6) is 17.2 Å². The maximum Gasteiger partial charge on any atom is 0.257 e. The first kappa shape index (κ1) is 21.4. The third-order valence-corrected chi connectivity index (χ3v) is 5.56.